The van der Waals surface area contributed by atoms with Crippen LogP contribution in [0.2, 0.25) is 5.02 Å². The molecule has 0 saturated heterocycles. The lowest BCUT2D eigenvalue weighted by Gasteiger charge is -2.20. The van der Waals surface area contributed by atoms with E-state index in [-0.39, 0.29) is 11.8 Å². The predicted octanol–water partition coefficient (Wildman–Crippen LogP) is 1.28. The Balaban J connectivity index is 1.70. The van der Waals surface area contributed by atoms with Crippen LogP contribution in [0.4, 0.5) is 0 Å². The van der Waals surface area contributed by atoms with Crippen LogP contribution in [0.5, 0.6) is 11.5 Å². The van der Waals surface area contributed by atoms with E-state index >= 15 is 0 Å². The van der Waals surface area contributed by atoms with Gasteiger partial charge in [0, 0.05) is 11.5 Å². The smallest absolute Gasteiger partial charge is 0.269 e. The summed E-state index contributed by atoms with van der Waals surface area (Å²) in [6, 6.07) is 3.02. The molecule has 0 atom stereocenters. The van der Waals surface area contributed by atoms with Gasteiger partial charge < -0.3 is 9.47 Å². The molecule has 1 aliphatic heterocycles. The van der Waals surface area contributed by atoms with Crippen molar-refractivity contribution in [2.75, 3.05) is 13.2 Å². The molecule has 1 aromatic carbocycles. The van der Waals surface area contributed by atoms with E-state index in [0.717, 1.165) is 12.8 Å². The molecule has 0 spiro atoms. The average Bonchev–Trinajstić information content (AvgIpc) is 3.29. The molecule has 7 heteroatoms. The zero-order valence-corrected chi connectivity index (χ0v) is 11.3. The number of carbonyl (C=O) groups excluding carboxylic acids is 2. The maximum Gasteiger partial charge on any atom is 0.269 e. The van der Waals surface area contributed by atoms with Crippen molar-refractivity contribution in [3.8, 4) is 11.5 Å². The second-order valence-electron chi connectivity index (χ2n) is 4.70. The Bertz CT molecular complexity index is 572. The fraction of sp³-hybridized carbons (Fsp3) is 0.385. The number of amides is 2. The second kappa shape index (κ2) is 5.20. The molecular formula is C13H13ClN2O4. The molecular weight excluding hydrogens is 284 g/mol. The van der Waals surface area contributed by atoms with Gasteiger partial charge in [0.2, 0.25) is 5.91 Å². The van der Waals surface area contributed by atoms with Gasteiger partial charge in [0.1, 0.15) is 13.2 Å². The molecule has 6 nitrogen and oxygen atoms in total. The van der Waals surface area contributed by atoms with Crippen LogP contribution in [0.3, 0.4) is 0 Å². The molecule has 1 aromatic rings. The first-order valence-electron chi connectivity index (χ1n) is 6.34. The number of carbonyl (C=O) groups is 2. The Labute approximate surface area is 120 Å². The Kier molecular flexibility index (Phi) is 3.40. The predicted molar refractivity (Wildman–Crippen MR) is 70.8 cm³/mol. The minimum atomic E-state index is -0.446. The van der Waals surface area contributed by atoms with Crippen molar-refractivity contribution >= 4 is 23.4 Å². The molecule has 1 fully saturated rings. The first kappa shape index (κ1) is 13.1. The average molecular weight is 297 g/mol. The highest BCUT2D eigenvalue weighted by Gasteiger charge is 2.30. The number of rotatable bonds is 2. The van der Waals surface area contributed by atoms with Gasteiger partial charge in [-0.15, -0.1) is 0 Å². The summed E-state index contributed by atoms with van der Waals surface area (Å²) in [5.41, 5.74) is 5.05. The Hall–Kier alpha value is -1.95. The third-order valence-corrected chi connectivity index (χ3v) is 3.39. The molecule has 1 heterocycles. The van der Waals surface area contributed by atoms with Crippen LogP contribution in [-0.4, -0.2) is 25.0 Å². The fourth-order valence-corrected chi connectivity index (χ4v) is 2.15. The Morgan fingerprint density at radius 2 is 1.90 bits per heavy atom. The number of hydrogen-bond donors (Lipinski definition) is 2. The van der Waals surface area contributed by atoms with Crippen molar-refractivity contribution in [1.82, 2.24) is 10.9 Å². The van der Waals surface area contributed by atoms with Crippen molar-refractivity contribution < 1.29 is 19.1 Å². The van der Waals surface area contributed by atoms with E-state index in [0.29, 0.717) is 35.3 Å². The normalized spacial score (nSPS) is 16.4. The van der Waals surface area contributed by atoms with Gasteiger partial charge in [-0.1, -0.05) is 11.6 Å². The first-order valence-corrected chi connectivity index (χ1v) is 6.72. The number of nitrogens with one attached hydrogen (secondary N) is 2. The van der Waals surface area contributed by atoms with Gasteiger partial charge in [-0.2, -0.15) is 0 Å². The van der Waals surface area contributed by atoms with Crippen molar-refractivity contribution in [2.45, 2.75) is 12.8 Å². The van der Waals surface area contributed by atoms with Crippen LogP contribution in [0, 0.1) is 5.92 Å². The molecule has 2 aliphatic rings. The standard InChI is InChI=1S/C13H13ClN2O4/c14-9-5-8(6-10-11(9)20-4-3-19-10)13(18)16-15-12(17)7-1-2-7/h5-7H,1-4H2,(H,15,17)(H,16,18). The number of halogens is 1. The zero-order valence-electron chi connectivity index (χ0n) is 10.6. The summed E-state index contributed by atoms with van der Waals surface area (Å²) in [4.78, 5) is 23.4. The summed E-state index contributed by atoms with van der Waals surface area (Å²) < 4.78 is 10.8. The molecule has 1 saturated carbocycles. The van der Waals surface area contributed by atoms with Crippen LogP contribution in [-0.2, 0) is 4.79 Å². The van der Waals surface area contributed by atoms with E-state index in [9.17, 15) is 9.59 Å². The second-order valence-corrected chi connectivity index (χ2v) is 5.11. The zero-order chi connectivity index (χ0) is 14.1. The summed E-state index contributed by atoms with van der Waals surface area (Å²) in [6.07, 6.45) is 1.75. The van der Waals surface area contributed by atoms with Crippen molar-refractivity contribution in [1.29, 1.82) is 0 Å². The molecule has 0 radical (unpaired) electrons. The van der Waals surface area contributed by atoms with Gasteiger partial charge in [0.25, 0.3) is 5.91 Å². The summed E-state index contributed by atoms with van der Waals surface area (Å²) in [7, 11) is 0. The maximum atomic E-state index is 11.9. The van der Waals surface area contributed by atoms with E-state index in [1.165, 1.54) is 6.07 Å². The van der Waals surface area contributed by atoms with Gasteiger partial charge in [-0.25, -0.2) is 0 Å². The lowest BCUT2D eigenvalue weighted by Crippen LogP contribution is -2.42. The third-order valence-electron chi connectivity index (χ3n) is 3.11. The number of benzene rings is 1. The summed E-state index contributed by atoms with van der Waals surface area (Å²) >= 11 is 6.04. The van der Waals surface area contributed by atoms with Gasteiger partial charge in [-0.3, -0.25) is 20.4 Å². The highest BCUT2D eigenvalue weighted by Crippen LogP contribution is 2.38. The highest BCUT2D eigenvalue weighted by atomic mass is 35.5. The third kappa shape index (κ3) is 2.65. The van der Waals surface area contributed by atoms with E-state index in [1.807, 2.05) is 0 Å². The van der Waals surface area contributed by atoms with Gasteiger partial charge in [-0.05, 0) is 25.0 Å². The van der Waals surface area contributed by atoms with Crippen molar-refractivity contribution in [3.05, 3.63) is 22.7 Å². The lowest BCUT2D eigenvalue weighted by atomic mass is 10.2. The van der Waals surface area contributed by atoms with Gasteiger partial charge in [0.05, 0.1) is 5.02 Å². The molecule has 1 aliphatic carbocycles. The van der Waals surface area contributed by atoms with Gasteiger partial charge >= 0.3 is 0 Å². The quantitative estimate of drug-likeness (QED) is 0.806. The van der Waals surface area contributed by atoms with E-state index in [1.54, 1.807) is 6.07 Å². The topological polar surface area (TPSA) is 76.7 Å². The van der Waals surface area contributed by atoms with E-state index in [4.69, 9.17) is 21.1 Å². The largest absolute Gasteiger partial charge is 0.486 e. The molecule has 0 bridgehead atoms. The van der Waals surface area contributed by atoms with E-state index < -0.39 is 5.91 Å². The Morgan fingerprint density at radius 3 is 2.65 bits per heavy atom. The minimum absolute atomic E-state index is 0.0270. The van der Waals surface area contributed by atoms with Crippen LogP contribution in [0.15, 0.2) is 12.1 Å². The molecule has 20 heavy (non-hydrogen) atoms. The fourth-order valence-electron chi connectivity index (χ4n) is 1.88. The molecule has 2 N–H and O–H groups in total. The summed E-state index contributed by atoms with van der Waals surface area (Å²) in [6.45, 7) is 0.836. The van der Waals surface area contributed by atoms with E-state index in [2.05, 4.69) is 10.9 Å². The highest BCUT2D eigenvalue weighted by molar-refractivity contribution is 6.32. The lowest BCUT2D eigenvalue weighted by molar-refractivity contribution is -0.123. The number of hydrazine groups is 1. The maximum absolute atomic E-state index is 11.9. The summed E-state index contributed by atoms with van der Waals surface area (Å²) in [5, 5.41) is 0.306. The van der Waals surface area contributed by atoms with Crippen LogP contribution in [0.1, 0.15) is 23.2 Å². The SMILES string of the molecule is O=C(NNC(=O)C1CC1)c1cc(Cl)c2c(c1)OCCO2. The number of fused-ring (bicyclic) bond motifs is 1. The Morgan fingerprint density at radius 1 is 1.15 bits per heavy atom. The van der Waals surface area contributed by atoms with Crippen molar-refractivity contribution in [2.24, 2.45) is 5.92 Å². The molecule has 0 unspecified atom stereocenters. The van der Waals surface area contributed by atoms with Crippen LogP contribution >= 0.6 is 11.6 Å². The molecule has 2 amide bonds. The molecule has 0 aromatic heterocycles. The van der Waals surface area contributed by atoms with Crippen molar-refractivity contribution in [3.63, 3.8) is 0 Å². The number of hydrogen-bond acceptors (Lipinski definition) is 4. The molecule has 106 valence electrons. The monoisotopic (exact) mass is 296 g/mol. The molecule has 3 rings (SSSR count). The minimum Gasteiger partial charge on any atom is -0.486 e. The summed E-state index contributed by atoms with van der Waals surface area (Å²) in [5.74, 6) is 0.290. The van der Waals surface area contributed by atoms with Crippen LogP contribution < -0.4 is 20.3 Å². The van der Waals surface area contributed by atoms with Gasteiger partial charge in [0.15, 0.2) is 11.5 Å². The van der Waals surface area contributed by atoms with Crippen LogP contribution in [0.25, 0.3) is 0 Å². The number of ether oxygens (including phenoxy) is 2. The first-order chi connectivity index (χ1) is 9.65.